The molecule has 5 heteroatoms. The Labute approximate surface area is 111 Å². The highest BCUT2D eigenvalue weighted by molar-refractivity contribution is 14.1. The first-order valence-corrected chi connectivity index (χ1v) is 5.66. The smallest absolute Gasteiger partial charge is 0.165 e. The molecule has 0 aliphatic heterocycles. The lowest BCUT2D eigenvalue weighted by molar-refractivity contribution is 0.432. The molecule has 0 unspecified atom stereocenters. The van der Waals surface area contributed by atoms with Crippen molar-refractivity contribution < 1.29 is 19.0 Å². The van der Waals surface area contributed by atoms with Gasteiger partial charge in [0.1, 0.15) is 0 Å². The molecule has 0 atom stereocenters. The third-order valence-electron chi connectivity index (χ3n) is 1.76. The Morgan fingerprint density at radius 1 is 0.824 bits per heavy atom. The normalized spacial score (nSPS) is 9.35. The van der Waals surface area contributed by atoms with Crippen LogP contribution in [0.3, 0.4) is 0 Å². The van der Waals surface area contributed by atoms with Crippen LogP contribution in [0.1, 0.15) is 0 Å². The van der Waals surface area contributed by atoms with Gasteiger partial charge in [0.05, 0.1) is 0 Å². The second-order valence-corrected chi connectivity index (χ2v) is 4.29. The van der Waals surface area contributed by atoms with Gasteiger partial charge in [-0.25, -0.2) is 8.78 Å². The lowest BCUT2D eigenvalue weighted by Gasteiger charge is -1.92. The summed E-state index contributed by atoms with van der Waals surface area (Å²) in [5.41, 5.74) is 0. The molecule has 0 spiro atoms. The molecule has 2 aromatic rings. The molecule has 17 heavy (non-hydrogen) atoms. The summed E-state index contributed by atoms with van der Waals surface area (Å²) in [6.45, 7) is 0. The Bertz CT molecular complexity index is 483. The molecule has 2 N–H and O–H groups in total. The standard InChI is InChI=1S/C6H4FIO.C6H5FO/c7-5-3-4(8)1-2-6(5)9;7-5-3-1-2-4-6(5)8/h1-3,9H;1-4,8H. The average molecular weight is 350 g/mol. The van der Waals surface area contributed by atoms with Gasteiger partial charge in [-0.2, -0.15) is 0 Å². The number of benzene rings is 2. The van der Waals surface area contributed by atoms with E-state index < -0.39 is 11.6 Å². The van der Waals surface area contributed by atoms with E-state index in [2.05, 4.69) is 0 Å². The largest absolute Gasteiger partial charge is 0.505 e. The van der Waals surface area contributed by atoms with Crippen LogP contribution in [0.4, 0.5) is 8.78 Å². The minimum atomic E-state index is -0.576. The maximum atomic E-state index is 12.3. The molecule has 0 aromatic heterocycles. The van der Waals surface area contributed by atoms with Gasteiger partial charge >= 0.3 is 0 Å². The summed E-state index contributed by atoms with van der Waals surface area (Å²) < 4.78 is 25.2. The van der Waals surface area contributed by atoms with Gasteiger partial charge in [-0.3, -0.25) is 0 Å². The summed E-state index contributed by atoms with van der Waals surface area (Å²) in [5.74, 6) is -1.74. The van der Waals surface area contributed by atoms with Crippen LogP contribution < -0.4 is 0 Å². The van der Waals surface area contributed by atoms with E-state index in [1.54, 1.807) is 12.1 Å². The maximum Gasteiger partial charge on any atom is 0.165 e. The highest BCUT2D eigenvalue weighted by atomic mass is 127. The fourth-order valence-corrected chi connectivity index (χ4v) is 1.39. The lowest BCUT2D eigenvalue weighted by atomic mass is 10.3. The van der Waals surface area contributed by atoms with Crippen LogP contribution in [0.15, 0.2) is 42.5 Å². The zero-order valence-electron chi connectivity index (χ0n) is 8.57. The monoisotopic (exact) mass is 350 g/mol. The summed E-state index contributed by atoms with van der Waals surface area (Å²) in [6.07, 6.45) is 0. The quantitative estimate of drug-likeness (QED) is 0.712. The molecule has 2 aromatic carbocycles. The second-order valence-electron chi connectivity index (χ2n) is 3.05. The SMILES string of the molecule is Oc1ccc(I)cc1F.Oc1ccccc1F. The number of phenols is 2. The third-order valence-corrected chi connectivity index (χ3v) is 2.43. The first-order valence-electron chi connectivity index (χ1n) is 4.58. The van der Waals surface area contributed by atoms with E-state index in [1.807, 2.05) is 22.6 Å². The van der Waals surface area contributed by atoms with Crippen molar-refractivity contribution in [1.82, 2.24) is 0 Å². The molecule has 0 saturated heterocycles. The predicted molar refractivity (Wildman–Crippen MR) is 68.8 cm³/mol. The number of hydrogen-bond acceptors (Lipinski definition) is 2. The third kappa shape index (κ3) is 4.56. The molecule has 0 fully saturated rings. The van der Waals surface area contributed by atoms with Crippen molar-refractivity contribution in [3.63, 3.8) is 0 Å². The van der Waals surface area contributed by atoms with Crippen molar-refractivity contribution in [1.29, 1.82) is 0 Å². The summed E-state index contributed by atoms with van der Waals surface area (Å²) in [7, 11) is 0. The topological polar surface area (TPSA) is 40.5 Å². The van der Waals surface area contributed by atoms with E-state index in [-0.39, 0.29) is 11.5 Å². The Balaban J connectivity index is 0.000000171. The van der Waals surface area contributed by atoms with Gasteiger partial charge in [0.15, 0.2) is 23.1 Å². The van der Waals surface area contributed by atoms with E-state index >= 15 is 0 Å². The molecule has 0 radical (unpaired) electrons. The molecule has 2 rings (SSSR count). The molecule has 0 amide bonds. The number of phenolic OH excluding ortho intramolecular Hbond substituents is 2. The van der Waals surface area contributed by atoms with Crippen LogP contribution in [-0.2, 0) is 0 Å². The van der Waals surface area contributed by atoms with Crippen molar-refractivity contribution in [3.05, 3.63) is 57.7 Å². The van der Waals surface area contributed by atoms with E-state index in [9.17, 15) is 8.78 Å². The Morgan fingerprint density at radius 2 is 1.41 bits per heavy atom. The first-order chi connectivity index (χ1) is 8.00. The second kappa shape index (κ2) is 6.39. The van der Waals surface area contributed by atoms with Crippen LogP contribution in [0.25, 0.3) is 0 Å². The minimum absolute atomic E-state index is 0.296. The zero-order chi connectivity index (χ0) is 12.8. The van der Waals surface area contributed by atoms with Crippen LogP contribution in [-0.4, -0.2) is 10.2 Å². The summed E-state index contributed by atoms with van der Waals surface area (Å²) in [4.78, 5) is 0. The van der Waals surface area contributed by atoms with Gasteiger partial charge in [-0.05, 0) is 52.9 Å². The molecule has 0 heterocycles. The summed E-state index contributed by atoms with van der Waals surface area (Å²) in [5, 5.41) is 17.2. The number of rotatable bonds is 0. The van der Waals surface area contributed by atoms with Gasteiger partial charge in [-0.15, -0.1) is 0 Å². The molecular weight excluding hydrogens is 341 g/mol. The van der Waals surface area contributed by atoms with Crippen LogP contribution in [0.2, 0.25) is 0 Å². The number of aromatic hydroxyl groups is 2. The molecule has 2 nitrogen and oxygen atoms in total. The maximum absolute atomic E-state index is 12.3. The Morgan fingerprint density at radius 3 is 1.82 bits per heavy atom. The fraction of sp³-hybridized carbons (Fsp3) is 0. The van der Waals surface area contributed by atoms with Gasteiger partial charge in [0.2, 0.25) is 0 Å². The van der Waals surface area contributed by atoms with Gasteiger partial charge in [-0.1, -0.05) is 12.1 Å². The van der Waals surface area contributed by atoms with Gasteiger partial charge in [0.25, 0.3) is 0 Å². The minimum Gasteiger partial charge on any atom is -0.505 e. The highest BCUT2D eigenvalue weighted by Gasteiger charge is 1.97. The molecule has 0 aliphatic carbocycles. The number of para-hydroxylation sites is 1. The molecule has 0 saturated carbocycles. The van der Waals surface area contributed by atoms with Crippen molar-refractivity contribution >= 4 is 22.6 Å². The number of halogens is 3. The van der Waals surface area contributed by atoms with Crippen LogP contribution in [0, 0.1) is 15.2 Å². The van der Waals surface area contributed by atoms with Crippen LogP contribution >= 0.6 is 22.6 Å². The van der Waals surface area contributed by atoms with E-state index in [0.717, 1.165) is 3.57 Å². The van der Waals surface area contributed by atoms with E-state index in [1.165, 1.54) is 30.3 Å². The van der Waals surface area contributed by atoms with E-state index in [0.29, 0.717) is 0 Å². The fourth-order valence-electron chi connectivity index (χ4n) is 0.933. The van der Waals surface area contributed by atoms with Gasteiger partial charge < -0.3 is 10.2 Å². The molecular formula is C12H9F2IO2. The van der Waals surface area contributed by atoms with Crippen molar-refractivity contribution in [2.45, 2.75) is 0 Å². The first kappa shape index (κ1) is 13.7. The Hall–Kier alpha value is -1.37. The van der Waals surface area contributed by atoms with Crippen molar-refractivity contribution in [2.24, 2.45) is 0 Å². The number of hydrogen-bond donors (Lipinski definition) is 2. The zero-order valence-corrected chi connectivity index (χ0v) is 10.7. The average Bonchev–Trinajstić information content (AvgIpc) is 2.29. The van der Waals surface area contributed by atoms with Crippen LogP contribution in [0.5, 0.6) is 11.5 Å². The Kier molecular flexibility index (Phi) is 5.14. The highest BCUT2D eigenvalue weighted by Crippen LogP contribution is 2.16. The van der Waals surface area contributed by atoms with E-state index in [4.69, 9.17) is 10.2 Å². The lowest BCUT2D eigenvalue weighted by Crippen LogP contribution is -1.75. The van der Waals surface area contributed by atoms with Gasteiger partial charge in [0, 0.05) is 3.57 Å². The summed E-state index contributed by atoms with van der Waals surface area (Å²) in [6, 6.07) is 9.84. The summed E-state index contributed by atoms with van der Waals surface area (Å²) >= 11 is 1.97. The predicted octanol–water partition coefficient (Wildman–Crippen LogP) is 3.67. The van der Waals surface area contributed by atoms with Crippen molar-refractivity contribution in [2.75, 3.05) is 0 Å². The molecule has 0 bridgehead atoms. The molecule has 0 aliphatic rings. The molecule has 90 valence electrons. The van der Waals surface area contributed by atoms with Crippen molar-refractivity contribution in [3.8, 4) is 11.5 Å².